The summed E-state index contributed by atoms with van der Waals surface area (Å²) in [4.78, 5) is 12.0. The number of ether oxygens (including phenoxy) is 1. The first-order chi connectivity index (χ1) is 9.56. The standard InChI is InChI=1S/C15H13BrClNO2/c1-10(15(19)18-12-5-3-2-4-6-12)20-14-9-11(16)7-8-13(14)17/h2-10H,1H3,(H,18,19). The van der Waals surface area contributed by atoms with Gasteiger partial charge in [-0.3, -0.25) is 4.79 Å². The molecule has 20 heavy (non-hydrogen) atoms. The van der Waals surface area contributed by atoms with Gasteiger partial charge in [0.1, 0.15) is 5.75 Å². The van der Waals surface area contributed by atoms with E-state index in [0.29, 0.717) is 10.8 Å². The van der Waals surface area contributed by atoms with E-state index in [9.17, 15) is 4.79 Å². The number of amides is 1. The predicted molar refractivity (Wildman–Crippen MR) is 84.3 cm³/mol. The average molecular weight is 355 g/mol. The highest BCUT2D eigenvalue weighted by Crippen LogP contribution is 2.28. The third-order valence-corrected chi connectivity index (χ3v) is 3.41. The van der Waals surface area contributed by atoms with Gasteiger partial charge in [0.05, 0.1) is 5.02 Å². The van der Waals surface area contributed by atoms with Gasteiger partial charge in [-0.2, -0.15) is 0 Å². The van der Waals surface area contributed by atoms with E-state index >= 15 is 0 Å². The Kier molecular flexibility index (Phi) is 5.04. The molecule has 0 spiro atoms. The SMILES string of the molecule is CC(Oc1cc(Br)ccc1Cl)C(=O)Nc1ccccc1. The molecule has 3 nitrogen and oxygen atoms in total. The highest BCUT2D eigenvalue weighted by molar-refractivity contribution is 9.10. The smallest absolute Gasteiger partial charge is 0.265 e. The van der Waals surface area contributed by atoms with Crippen LogP contribution in [0.5, 0.6) is 5.75 Å². The van der Waals surface area contributed by atoms with Gasteiger partial charge >= 0.3 is 0 Å². The summed E-state index contributed by atoms with van der Waals surface area (Å²) < 4.78 is 6.43. The van der Waals surface area contributed by atoms with Crippen molar-refractivity contribution >= 4 is 39.1 Å². The summed E-state index contributed by atoms with van der Waals surface area (Å²) in [6, 6.07) is 14.5. The molecule has 1 amide bonds. The summed E-state index contributed by atoms with van der Waals surface area (Å²) in [7, 11) is 0. The summed E-state index contributed by atoms with van der Waals surface area (Å²) in [5, 5.41) is 3.24. The first-order valence-corrected chi connectivity index (χ1v) is 7.21. The molecule has 0 radical (unpaired) electrons. The van der Waals surface area contributed by atoms with Gasteiger partial charge in [-0.15, -0.1) is 0 Å². The number of halogens is 2. The van der Waals surface area contributed by atoms with Crippen LogP contribution in [-0.2, 0) is 4.79 Å². The molecule has 0 fully saturated rings. The van der Waals surface area contributed by atoms with Gasteiger partial charge in [-0.25, -0.2) is 0 Å². The van der Waals surface area contributed by atoms with Gasteiger partial charge in [0.2, 0.25) is 0 Å². The Morgan fingerprint density at radius 3 is 2.65 bits per heavy atom. The first-order valence-electron chi connectivity index (χ1n) is 6.04. The van der Waals surface area contributed by atoms with Crippen molar-refractivity contribution in [2.75, 3.05) is 5.32 Å². The fraction of sp³-hybridized carbons (Fsp3) is 0.133. The molecule has 104 valence electrons. The molecule has 2 rings (SSSR count). The minimum absolute atomic E-state index is 0.229. The Balaban J connectivity index is 2.02. The van der Waals surface area contributed by atoms with Crippen molar-refractivity contribution in [3.05, 3.63) is 58.0 Å². The second kappa shape index (κ2) is 6.77. The van der Waals surface area contributed by atoms with Gasteiger partial charge < -0.3 is 10.1 Å². The third kappa shape index (κ3) is 3.99. The quantitative estimate of drug-likeness (QED) is 0.877. The van der Waals surface area contributed by atoms with Crippen LogP contribution in [0.3, 0.4) is 0 Å². The number of carbonyl (C=O) groups excluding carboxylic acids is 1. The molecule has 1 unspecified atom stereocenters. The summed E-state index contributed by atoms with van der Waals surface area (Å²) in [5.74, 6) is 0.240. The second-order valence-corrected chi connectivity index (χ2v) is 5.51. The van der Waals surface area contributed by atoms with E-state index in [2.05, 4.69) is 21.2 Å². The van der Waals surface area contributed by atoms with E-state index in [1.165, 1.54) is 0 Å². The zero-order valence-electron chi connectivity index (χ0n) is 10.8. The highest BCUT2D eigenvalue weighted by Gasteiger charge is 2.16. The summed E-state index contributed by atoms with van der Waals surface area (Å²) in [6.07, 6.45) is -0.651. The van der Waals surface area contributed by atoms with E-state index in [1.54, 1.807) is 19.1 Å². The normalized spacial score (nSPS) is 11.8. The number of benzene rings is 2. The maximum absolute atomic E-state index is 12.0. The highest BCUT2D eigenvalue weighted by atomic mass is 79.9. The van der Waals surface area contributed by atoms with Crippen molar-refractivity contribution in [3.63, 3.8) is 0 Å². The number of hydrogen-bond acceptors (Lipinski definition) is 2. The minimum atomic E-state index is -0.651. The van der Waals surface area contributed by atoms with Crippen LogP contribution in [0, 0.1) is 0 Å². The summed E-state index contributed by atoms with van der Waals surface area (Å²) in [6.45, 7) is 1.68. The van der Waals surface area contributed by atoms with Crippen LogP contribution >= 0.6 is 27.5 Å². The average Bonchev–Trinajstić information content (AvgIpc) is 2.44. The maximum atomic E-state index is 12.0. The lowest BCUT2D eigenvalue weighted by molar-refractivity contribution is -0.122. The van der Waals surface area contributed by atoms with Crippen LogP contribution in [0.25, 0.3) is 0 Å². The third-order valence-electron chi connectivity index (χ3n) is 2.61. The number of carbonyl (C=O) groups is 1. The molecule has 0 bridgehead atoms. The van der Waals surface area contributed by atoms with E-state index in [-0.39, 0.29) is 5.91 Å². The van der Waals surface area contributed by atoms with Crippen LogP contribution in [0.2, 0.25) is 5.02 Å². The predicted octanol–water partition coefficient (Wildman–Crippen LogP) is 4.51. The van der Waals surface area contributed by atoms with Gasteiger partial charge in [-0.05, 0) is 37.3 Å². The van der Waals surface area contributed by atoms with Crippen LogP contribution in [-0.4, -0.2) is 12.0 Å². The van der Waals surface area contributed by atoms with Gasteiger partial charge in [0, 0.05) is 10.2 Å². The Bertz CT molecular complexity index is 604. The minimum Gasteiger partial charge on any atom is -0.479 e. The topological polar surface area (TPSA) is 38.3 Å². The van der Waals surface area contributed by atoms with Crippen molar-refractivity contribution in [1.82, 2.24) is 0 Å². The molecule has 0 saturated carbocycles. The number of nitrogens with one attached hydrogen (secondary N) is 1. The second-order valence-electron chi connectivity index (χ2n) is 4.19. The molecule has 0 saturated heterocycles. The Morgan fingerprint density at radius 1 is 1.25 bits per heavy atom. The van der Waals surface area contributed by atoms with Crippen molar-refractivity contribution < 1.29 is 9.53 Å². The van der Waals surface area contributed by atoms with Crippen molar-refractivity contribution in [2.24, 2.45) is 0 Å². The first kappa shape index (κ1) is 14.9. The maximum Gasteiger partial charge on any atom is 0.265 e. The van der Waals surface area contributed by atoms with Gasteiger partial charge in [0.15, 0.2) is 6.10 Å². The zero-order valence-corrected chi connectivity index (χ0v) is 13.1. The molecule has 5 heteroatoms. The number of hydrogen-bond donors (Lipinski definition) is 1. The molecule has 1 N–H and O–H groups in total. The summed E-state index contributed by atoms with van der Waals surface area (Å²) in [5.41, 5.74) is 0.730. The van der Waals surface area contributed by atoms with Crippen molar-refractivity contribution in [2.45, 2.75) is 13.0 Å². The Labute approximate surface area is 131 Å². The van der Waals surface area contributed by atoms with Crippen LogP contribution in [0.15, 0.2) is 53.0 Å². The fourth-order valence-electron chi connectivity index (χ4n) is 1.58. The van der Waals surface area contributed by atoms with Crippen molar-refractivity contribution in [3.8, 4) is 5.75 Å². The van der Waals surface area contributed by atoms with E-state index in [1.807, 2.05) is 36.4 Å². The molecule has 0 aliphatic rings. The molecule has 0 aromatic heterocycles. The molecular weight excluding hydrogens is 342 g/mol. The monoisotopic (exact) mass is 353 g/mol. The fourth-order valence-corrected chi connectivity index (χ4v) is 2.08. The van der Waals surface area contributed by atoms with E-state index in [4.69, 9.17) is 16.3 Å². The van der Waals surface area contributed by atoms with Crippen LogP contribution < -0.4 is 10.1 Å². The Hall–Kier alpha value is -1.52. The van der Waals surface area contributed by atoms with Crippen LogP contribution in [0.1, 0.15) is 6.92 Å². The number of para-hydroxylation sites is 1. The number of anilines is 1. The molecule has 2 aromatic carbocycles. The molecular formula is C15H13BrClNO2. The lowest BCUT2D eigenvalue weighted by Gasteiger charge is -2.15. The molecule has 0 aliphatic carbocycles. The molecule has 0 aliphatic heterocycles. The van der Waals surface area contributed by atoms with E-state index in [0.717, 1.165) is 10.2 Å². The largest absolute Gasteiger partial charge is 0.479 e. The Morgan fingerprint density at radius 2 is 1.95 bits per heavy atom. The van der Waals surface area contributed by atoms with Crippen molar-refractivity contribution in [1.29, 1.82) is 0 Å². The molecule has 1 atom stereocenters. The van der Waals surface area contributed by atoms with Crippen LogP contribution in [0.4, 0.5) is 5.69 Å². The zero-order chi connectivity index (χ0) is 14.5. The lowest BCUT2D eigenvalue weighted by Crippen LogP contribution is -2.30. The van der Waals surface area contributed by atoms with E-state index < -0.39 is 6.10 Å². The molecule has 0 heterocycles. The van der Waals surface area contributed by atoms with Gasteiger partial charge in [0.25, 0.3) is 5.91 Å². The summed E-state index contributed by atoms with van der Waals surface area (Å²) >= 11 is 9.37. The number of rotatable bonds is 4. The van der Waals surface area contributed by atoms with Gasteiger partial charge in [-0.1, -0.05) is 45.7 Å². The lowest BCUT2D eigenvalue weighted by atomic mass is 10.3. The molecule has 2 aromatic rings.